The highest BCUT2D eigenvalue weighted by atomic mass is 32.2. The van der Waals surface area contributed by atoms with Crippen molar-refractivity contribution in [2.24, 2.45) is 5.92 Å². The van der Waals surface area contributed by atoms with Gasteiger partial charge in [-0.25, -0.2) is 13.2 Å². The van der Waals surface area contributed by atoms with Crippen LogP contribution in [0.25, 0.3) is 0 Å². The van der Waals surface area contributed by atoms with E-state index in [9.17, 15) is 26.4 Å². The number of likely N-dealkylation sites (tertiary alicyclic amines) is 1. The van der Waals surface area contributed by atoms with E-state index in [1.54, 1.807) is 0 Å². The second kappa shape index (κ2) is 10.9. The maximum Gasteiger partial charge on any atom is 0.416 e. The zero-order chi connectivity index (χ0) is 29.6. The maximum atomic E-state index is 13.2. The molecule has 2 bridgehead atoms. The molecule has 0 spiro atoms. The van der Waals surface area contributed by atoms with E-state index in [0.29, 0.717) is 31.6 Å². The molecule has 0 aromatic heterocycles. The Morgan fingerprint density at radius 2 is 1.64 bits per heavy atom. The number of sulfonamides is 1. The third-order valence-corrected chi connectivity index (χ3v) is 10.7. The molecule has 2 unspecified atom stereocenters. The number of rotatable bonds is 5. The summed E-state index contributed by atoms with van der Waals surface area (Å²) < 4.78 is 72.8. The lowest BCUT2D eigenvalue weighted by molar-refractivity contribution is -0.137. The highest BCUT2D eigenvalue weighted by molar-refractivity contribution is 7.89. The van der Waals surface area contributed by atoms with E-state index in [0.717, 1.165) is 35.4 Å². The summed E-state index contributed by atoms with van der Waals surface area (Å²) in [5.41, 5.74) is 3.20. The summed E-state index contributed by atoms with van der Waals surface area (Å²) in [7, 11) is -4.07. The fraction of sp³-hybridized carbons (Fsp3) is 0.387. The first kappa shape index (κ1) is 28.5. The Morgan fingerprint density at radius 1 is 0.905 bits per heavy atom. The van der Waals surface area contributed by atoms with Crippen molar-refractivity contribution in [3.8, 4) is 0 Å². The van der Waals surface area contributed by atoms with Gasteiger partial charge in [-0.15, -0.1) is 0 Å². The van der Waals surface area contributed by atoms with Gasteiger partial charge >= 0.3 is 12.3 Å². The Hall–Kier alpha value is -3.57. The van der Waals surface area contributed by atoms with E-state index in [1.807, 2.05) is 41.3 Å². The fourth-order valence-corrected chi connectivity index (χ4v) is 8.07. The van der Waals surface area contributed by atoms with Crippen LogP contribution in [0.5, 0.6) is 0 Å². The number of halogens is 3. The van der Waals surface area contributed by atoms with Gasteiger partial charge in [-0.1, -0.05) is 49.4 Å². The molecule has 2 saturated heterocycles. The van der Waals surface area contributed by atoms with Gasteiger partial charge in [-0.2, -0.15) is 17.5 Å². The van der Waals surface area contributed by atoms with Gasteiger partial charge in [-0.3, -0.25) is 0 Å². The number of piperazine rings is 1. The summed E-state index contributed by atoms with van der Waals surface area (Å²) in [6, 6.07) is 19.6. The Morgan fingerprint density at radius 3 is 2.36 bits per heavy atom. The Bertz CT molecular complexity index is 1570. The van der Waals surface area contributed by atoms with Crippen LogP contribution in [0.1, 0.15) is 47.6 Å². The number of benzene rings is 3. The molecule has 3 aromatic rings. The van der Waals surface area contributed by atoms with E-state index >= 15 is 0 Å². The average molecular weight is 600 g/mol. The lowest BCUT2D eigenvalue weighted by Crippen LogP contribution is -2.48. The van der Waals surface area contributed by atoms with E-state index in [1.165, 1.54) is 15.9 Å². The minimum absolute atomic E-state index is 0.107. The molecule has 42 heavy (non-hydrogen) atoms. The number of fused-ring (bicyclic) bond motifs is 5. The summed E-state index contributed by atoms with van der Waals surface area (Å²) >= 11 is 0. The molecule has 0 saturated carbocycles. The monoisotopic (exact) mass is 599 g/mol. The largest absolute Gasteiger partial charge is 0.445 e. The van der Waals surface area contributed by atoms with Crippen LogP contribution in [0.4, 0.5) is 23.7 Å². The molecule has 2 aliphatic heterocycles. The molecular weight excluding hydrogens is 567 g/mol. The summed E-state index contributed by atoms with van der Waals surface area (Å²) in [5.74, 6) is 0.592. The minimum atomic E-state index is -4.62. The van der Waals surface area contributed by atoms with E-state index < -0.39 is 21.8 Å². The van der Waals surface area contributed by atoms with Gasteiger partial charge in [0.25, 0.3) is 0 Å². The van der Waals surface area contributed by atoms with Crippen molar-refractivity contribution >= 4 is 21.8 Å². The lowest BCUT2D eigenvalue weighted by atomic mass is 9.86. The number of alkyl halides is 3. The number of amides is 1. The summed E-state index contributed by atoms with van der Waals surface area (Å²) in [4.78, 5) is 16.8. The minimum Gasteiger partial charge on any atom is -0.445 e. The van der Waals surface area contributed by atoms with Crippen molar-refractivity contribution in [3.05, 3.63) is 95.1 Å². The van der Waals surface area contributed by atoms with Crippen LogP contribution in [0.15, 0.2) is 77.7 Å². The second-order valence-corrected chi connectivity index (χ2v) is 13.1. The van der Waals surface area contributed by atoms with Gasteiger partial charge in [-0.05, 0) is 65.3 Å². The zero-order valence-corrected chi connectivity index (χ0v) is 23.9. The van der Waals surface area contributed by atoms with Gasteiger partial charge in [0.1, 0.15) is 6.61 Å². The van der Waals surface area contributed by atoms with E-state index in [4.69, 9.17) is 4.74 Å². The lowest BCUT2D eigenvalue weighted by Gasteiger charge is -2.38. The first-order valence-corrected chi connectivity index (χ1v) is 15.5. The van der Waals surface area contributed by atoms with Crippen LogP contribution >= 0.6 is 0 Å². The first-order valence-electron chi connectivity index (χ1n) is 14.1. The van der Waals surface area contributed by atoms with Crippen LogP contribution in [-0.2, 0) is 27.5 Å². The molecule has 6 rings (SSSR count). The number of hydrogen-bond acceptors (Lipinski definition) is 5. The van der Waals surface area contributed by atoms with Gasteiger partial charge in [0.05, 0.1) is 16.5 Å². The molecule has 2 heterocycles. The number of carbonyl (C=O) groups excluding carboxylic acids is 1. The predicted octanol–water partition coefficient (Wildman–Crippen LogP) is 6.03. The van der Waals surface area contributed by atoms with Crippen LogP contribution in [0.3, 0.4) is 0 Å². The van der Waals surface area contributed by atoms with Crippen LogP contribution in [-0.4, -0.2) is 56.4 Å². The van der Waals surface area contributed by atoms with Crippen LogP contribution in [0.2, 0.25) is 0 Å². The second-order valence-electron chi connectivity index (χ2n) is 11.2. The molecule has 3 aliphatic rings. The molecule has 222 valence electrons. The van der Waals surface area contributed by atoms with Gasteiger partial charge in [0.15, 0.2) is 0 Å². The normalized spacial score (nSPS) is 22.6. The molecule has 3 aromatic carbocycles. The van der Waals surface area contributed by atoms with Crippen molar-refractivity contribution < 1.29 is 31.1 Å². The number of carbonyl (C=O) groups is 1. The van der Waals surface area contributed by atoms with E-state index in [2.05, 4.69) is 24.0 Å². The van der Waals surface area contributed by atoms with Crippen molar-refractivity contribution in [1.29, 1.82) is 0 Å². The molecule has 0 N–H and O–H groups in total. The topological polar surface area (TPSA) is 70.2 Å². The van der Waals surface area contributed by atoms with Gasteiger partial charge < -0.3 is 14.5 Å². The quantitative estimate of drug-likeness (QED) is 0.358. The van der Waals surface area contributed by atoms with Crippen molar-refractivity contribution in [2.45, 2.75) is 43.0 Å². The standard InChI is InChI=1S/C31H32F3N3O4S/c1-21-26-12-13-37(30(38)41-20-22-6-3-2-4-7-22)29(21)28-19-24(10-11-27(26)28)35-14-16-36(17-15-35)42(39,40)25-9-5-8-23(18-25)31(32,33)34/h2-11,18-19,21,26,29H,12-17,20H2,1H3/t21-,26?,29?/m0/s1. The zero-order valence-electron chi connectivity index (χ0n) is 23.1. The molecule has 0 radical (unpaired) electrons. The van der Waals surface area contributed by atoms with Crippen LogP contribution in [0, 0.1) is 5.92 Å². The number of nitrogens with zero attached hydrogens (tertiary/aromatic N) is 3. The molecule has 1 aliphatic carbocycles. The highest BCUT2D eigenvalue weighted by Crippen LogP contribution is 2.53. The first-order chi connectivity index (χ1) is 20.0. The third kappa shape index (κ3) is 5.24. The SMILES string of the molecule is C[C@H]1C2CCN(C(=O)OCc3ccccc3)C1c1cc(N3CCN(S(=O)(=O)c4cccc(C(F)(F)F)c4)CC3)ccc12. The molecule has 11 heteroatoms. The smallest absolute Gasteiger partial charge is 0.416 e. The highest BCUT2D eigenvalue weighted by Gasteiger charge is 2.47. The van der Waals surface area contributed by atoms with Gasteiger partial charge in [0, 0.05) is 38.4 Å². The molecule has 7 nitrogen and oxygen atoms in total. The summed E-state index contributed by atoms with van der Waals surface area (Å²) in [6.07, 6.45) is -4.10. The van der Waals surface area contributed by atoms with Crippen molar-refractivity contribution in [3.63, 3.8) is 0 Å². The Kier molecular flexibility index (Phi) is 7.43. The third-order valence-electron chi connectivity index (χ3n) is 8.78. The van der Waals surface area contributed by atoms with Crippen molar-refractivity contribution in [2.75, 3.05) is 37.6 Å². The predicted molar refractivity (Wildman–Crippen MR) is 151 cm³/mol. The Balaban J connectivity index is 1.16. The Labute approximate surface area is 243 Å². The summed E-state index contributed by atoms with van der Waals surface area (Å²) in [5, 5.41) is 0. The number of ether oxygens (including phenoxy) is 1. The molecule has 3 atom stereocenters. The number of piperidine rings is 1. The van der Waals surface area contributed by atoms with Gasteiger partial charge in [0.2, 0.25) is 10.0 Å². The fourth-order valence-electron chi connectivity index (χ4n) is 6.60. The number of anilines is 1. The molecule has 2 fully saturated rings. The van der Waals surface area contributed by atoms with E-state index in [-0.39, 0.29) is 42.6 Å². The molecule has 1 amide bonds. The summed E-state index contributed by atoms with van der Waals surface area (Å²) in [6.45, 7) is 4.08. The average Bonchev–Trinajstić information content (AvgIpc) is 3.15. The maximum absolute atomic E-state index is 13.2. The molecular formula is C31H32F3N3O4S. The van der Waals surface area contributed by atoms with Crippen molar-refractivity contribution in [1.82, 2.24) is 9.21 Å². The number of hydrogen-bond donors (Lipinski definition) is 0. The van der Waals surface area contributed by atoms with Crippen LogP contribution < -0.4 is 4.90 Å².